The maximum Gasteiger partial charge on any atom is 0.413 e. The summed E-state index contributed by atoms with van der Waals surface area (Å²) in [7, 11) is 1.22. The number of alkyl carbamates (subject to hydrolysis) is 1. The van der Waals surface area contributed by atoms with Gasteiger partial charge in [-0.25, -0.2) is 4.79 Å². The molecule has 4 fully saturated rings. The van der Waals surface area contributed by atoms with E-state index in [0.717, 1.165) is 42.9 Å². The summed E-state index contributed by atoms with van der Waals surface area (Å²) in [6.07, 6.45) is 6.79. The predicted molar refractivity (Wildman–Crippen MR) is 90.0 cm³/mol. The van der Waals surface area contributed by atoms with Crippen LogP contribution in [-0.4, -0.2) is 34.6 Å². The lowest BCUT2D eigenvalue weighted by Gasteiger charge is -2.55. The van der Waals surface area contributed by atoms with Crippen LogP contribution in [0.1, 0.15) is 51.3 Å². The van der Waals surface area contributed by atoms with Crippen LogP contribution in [0.4, 0.5) is 4.79 Å². The molecule has 0 aromatic carbocycles. The molecule has 0 radical (unpaired) electrons. The largest absolute Gasteiger partial charge is 0.453 e. The van der Waals surface area contributed by atoms with Crippen LogP contribution in [0.25, 0.3) is 0 Å². The van der Waals surface area contributed by atoms with Crippen LogP contribution >= 0.6 is 11.8 Å². The van der Waals surface area contributed by atoms with Crippen molar-refractivity contribution in [2.24, 2.45) is 17.8 Å². The fourth-order valence-electron chi connectivity index (χ4n) is 5.30. The minimum atomic E-state index is -0.766. The monoisotopic (exact) mass is 365 g/mol. The fourth-order valence-corrected chi connectivity index (χ4v) is 5.99. The maximum absolute atomic E-state index is 11.9. The molecule has 4 aliphatic rings. The van der Waals surface area contributed by atoms with Gasteiger partial charge in [0, 0.05) is 5.41 Å². The van der Waals surface area contributed by atoms with Crippen LogP contribution in [0.15, 0.2) is 9.64 Å². The van der Waals surface area contributed by atoms with Crippen LogP contribution in [0.3, 0.4) is 0 Å². The number of aromatic nitrogens is 2. The zero-order valence-electron chi connectivity index (χ0n) is 14.5. The molecule has 0 unspecified atom stereocenters. The Balaban J connectivity index is 1.44. The molecule has 1 aromatic heterocycles. The highest BCUT2D eigenvalue weighted by molar-refractivity contribution is 8.00. The molecule has 136 valence electrons. The van der Waals surface area contributed by atoms with Crippen molar-refractivity contribution in [3.05, 3.63) is 5.89 Å². The Bertz CT molecular complexity index is 654. The molecule has 1 N–H and O–H groups in total. The molecule has 4 saturated carbocycles. The summed E-state index contributed by atoms with van der Waals surface area (Å²) in [5, 5.41) is 10.5. The van der Waals surface area contributed by atoms with Crippen molar-refractivity contribution in [2.75, 3.05) is 7.11 Å². The molecule has 1 aromatic rings. The smallest absolute Gasteiger partial charge is 0.413 e. The Labute approximate surface area is 150 Å². The number of carbonyl (C=O) groups is 2. The minimum absolute atomic E-state index is 0.0536. The van der Waals surface area contributed by atoms with Crippen LogP contribution < -0.4 is 5.32 Å². The molecular weight excluding hydrogens is 342 g/mol. The Morgan fingerprint density at radius 2 is 1.80 bits per heavy atom. The average molecular weight is 365 g/mol. The van der Waals surface area contributed by atoms with E-state index in [1.807, 2.05) is 0 Å². The number of hydrogen-bond acceptors (Lipinski definition) is 7. The van der Waals surface area contributed by atoms with Gasteiger partial charge in [-0.15, -0.1) is 10.2 Å². The maximum atomic E-state index is 11.9. The summed E-state index contributed by atoms with van der Waals surface area (Å²) >= 11 is 1.17. The number of rotatable bonds is 4. The van der Waals surface area contributed by atoms with Crippen molar-refractivity contribution in [2.45, 2.75) is 61.3 Å². The lowest BCUT2D eigenvalue weighted by atomic mass is 9.49. The van der Waals surface area contributed by atoms with E-state index in [0.29, 0.717) is 5.22 Å². The van der Waals surface area contributed by atoms with Gasteiger partial charge >= 0.3 is 6.09 Å². The SMILES string of the molecule is COC(=O)NC(=O)[C@@H](C)Sc1nnc(C23CC4CC(CC(C4)C2)C3)o1. The number of methoxy groups -OCH3 is 1. The highest BCUT2D eigenvalue weighted by Crippen LogP contribution is 2.60. The van der Waals surface area contributed by atoms with Gasteiger partial charge in [0.05, 0.1) is 12.4 Å². The number of imide groups is 1. The van der Waals surface area contributed by atoms with E-state index < -0.39 is 17.3 Å². The third-order valence-electron chi connectivity index (χ3n) is 5.96. The number of nitrogens with zero attached hydrogens (tertiary/aromatic N) is 2. The number of carbonyl (C=O) groups excluding carboxylic acids is 2. The molecule has 5 rings (SSSR count). The van der Waals surface area contributed by atoms with Gasteiger partial charge in [0.15, 0.2) is 0 Å². The van der Waals surface area contributed by atoms with Gasteiger partial charge in [0.2, 0.25) is 11.8 Å². The number of nitrogens with one attached hydrogen (secondary N) is 1. The second-order valence-electron chi connectivity index (χ2n) is 7.81. The molecule has 8 heteroatoms. The lowest BCUT2D eigenvalue weighted by molar-refractivity contribution is -0.119. The topological polar surface area (TPSA) is 94.3 Å². The summed E-state index contributed by atoms with van der Waals surface area (Å²) in [5.74, 6) is 2.72. The molecule has 0 saturated heterocycles. The highest BCUT2D eigenvalue weighted by Gasteiger charge is 2.54. The molecule has 4 bridgehead atoms. The third-order valence-corrected chi connectivity index (χ3v) is 6.89. The quantitative estimate of drug-likeness (QED) is 0.820. The fraction of sp³-hybridized carbons (Fsp3) is 0.765. The summed E-state index contributed by atoms with van der Waals surface area (Å²) in [4.78, 5) is 23.1. The molecule has 25 heavy (non-hydrogen) atoms. The van der Waals surface area contributed by atoms with Gasteiger partial charge in [-0.05, 0) is 63.2 Å². The Hall–Kier alpha value is -1.57. The van der Waals surface area contributed by atoms with E-state index in [4.69, 9.17) is 4.42 Å². The van der Waals surface area contributed by atoms with Gasteiger partial charge < -0.3 is 9.15 Å². The zero-order chi connectivity index (χ0) is 17.6. The van der Waals surface area contributed by atoms with Crippen molar-refractivity contribution in [3.8, 4) is 0 Å². The van der Waals surface area contributed by atoms with Gasteiger partial charge in [-0.3, -0.25) is 10.1 Å². The minimum Gasteiger partial charge on any atom is -0.453 e. The average Bonchev–Trinajstić information content (AvgIpc) is 3.02. The molecule has 1 heterocycles. The normalized spacial score (nSPS) is 33.9. The molecule has 0 aliphatic heterocycles. The number of hydrogen-bond donors (Lipinski definition) is 1. The van der Waals surface area contributed by atoms with Crippen molar-refractivity contribution in [3.63, 3.8) is 0 Å². The van der Waals surface area contributed by atoms with E-state index in [9.17, 15) is 9.59 Å². The summed E-state index contributed by atoms with van der Waals surface area (Å²) < 4.78 is 10.4. The molecular formula is C17H23N3O4S. The van der Waals surface area contributed by atoms with E-state index in [1.165, 1.54) is 38.1 Å². The zero-order valence-corrected chi connectivity index (χ0v) is 15.3. The Morgan fingerprint density at radius 3 is 2.36 bits per heavy atom. The number of ether oxygens (including phenoxy) is 1. The third kappa shape index (κ3) is 3.16. The van der Waals surface area contributed by atoms with Crippen molar-refractivity contribution >= 4 is 23.8 Å². The van der Waals surface area contributed by atoms with E-state index >= 15 is 0 Å². The molecule has 1 atom stereocenters. The Kier molecular flexibility index (Phi) is 4.25. The second kappa shape index (κ2) is 6.30. The van der Waals surface area contributed by atoms with Crippen LogP contribution in [0.2, 0.25) is 0 Å². The van der Waals surface area contributed by atoms with Gasteiger partial charge in [0.1, 0.15) is 0 Å². The van der Waals surface area contributed by atoms with E-state index in [-0.39, 0.29) is 5.41 Å². The highest BCUT2D eigenvalue weighted by atomic mass is 32.2. The molecule has 2 amide bonds. The van der Waals surface area contributed by atoms with E-state index in [2.05, 4.69) is 20.3 Å². The van der Waals surface area contributed by atoms with Gasteiger partial charge in [-0.2, -0.15) is 0 Å². The Morgan fingerprint density at radius 1 is 1.20 bits per heavy atom. The number of thioether (sulfide) groups is 1. The summed E-state index contributed by atoms with van der Waals surface area (Å²) in [6.45, 7) is 1.69. The molecule has 0 spiro atoms. The van der Waals surface area contributed by atoms with Crippen LogP contribution in [0, 0.1) is 17.8 Å². The lowest BCUT2D eigenvalue weighted by Crippen LogP contribution is -2.48. The summed E-state index contributed by atoms with van der Waals surface area (Å²) in [6, 6.07) is 0. The van der Waals surface area contributed by atoms with E-state index in [1.54, 1.807) is 6.92 Å². The summed E-state index contributed by atoms with van der Waals surface area (Å²) in [5.41, 5.74) is 0.0536. The predicted octanol–water partition coefficient (Wildman–Crippen LogP) is 2.90. The van der Waals surface area contributed by atoms with Gasteiger partial charge in [0.25, 0.3) is 5.22 Å². The number of amides is 2. The van der Waals surface area contributed by atoms with Crippen molar-refractivity contribution in [1.82, 2.24) is 15.5 Å². The first kappa shape index (κ1) is 16.9. The molecule has 4 aliphatic carbocycles. The van der Waals surface area contributed by atoms with Crippen LogP contribution in [-0.2, 0) is 14.9 Å². The molecule has 7 nitrogen and oxygen atoms in total. The van der Waals surface area contributed by atoms with Crippen molar-refractivity contribution < 1.29 is 18.7 Å². The first-order chi connectivity index (χ1) is 12.0. The second-order valence-corrected chi connectivity index (χ2v) is 9.10. The standard InChI is InChI=1S/C17H23N3O4S/c1-9(13(21)18-15(22)23-2)25-16-20-19-14(24-16)17-6-10-3-11(7-17)5-12(4-10)8-17/h9-12H,3-8H2,1-2H3,(H,18,21,22)/t9-,10?,11?,12?,17?/m1/s1. The first-order valence-corrected chi connectivity index (χ1v) is 9.75. The first-order valence-electron chi connectivity index (χ1n) is 8.87. The van der Waals surface area contributed by atoms with Crippen LogP contribution in [0.5, 0.6) is 0 Å². The van der Waals surface area contributed by atoms with Gasteiger partial charge in [-0.1, -0.05) is 11.8 Å². The van der Waals surface area contributed by atoms with Crippen molar-refractivity contribution in [1.29, 1.82) is 0 Å².